The summed E-state index contributed by atoms with van der Waals surface area (Å²) in [5.74, 6) is -1.68. The maximum Gasteiger partial charge on any atom is 0.359 e. The van der Waals surface area contributed by atoms with E-state index in [4.69, 9.17) is 4.74 Å². The molecule has 0 aliphatic heterocycles. The van der Waals surface area contributed by atoms with E-state index in [9.17, 15) is 18.8 Å². The molecule has 0 radical (unpaired) electrons. The van der Waals surface area contributed by atoms with Gasteiger partial charge in [0, 0.05) is 19.7 Å². The van der Waals surface area contributed by atoms with E-state index in [0.717, 1.165) is 4.68 Å². The molecule has 2 rings (SSSR count). The summed E-state index contributed by atoms with van der Waals surface area (Å²) in [6.07, 6.45) is 0. The Kier molecular flexibility index (Phi) is 5.19. The van der Waals surface area contributed by atoms with Crippen molar-refractivity contribution in [3.8, 4) is 0 Å². The first-order chi connectivity index (χ1) is 11.0. The molecular formula is C15H14FN3O4. The van der Waals surface area contributed by atoms with Gasteiger partial charge in [-0.25, -0.2) is 13.9 Å². The van der Waals surface area contributed by atoms with Crippen molar-refractivity contribution in [3.63, 3.8) is 0 Å². The molecule has 8 heteroatoms. The summed E-state index contributed by atoms with van der Waals surface area (Å²) in [6, 6.07) is 8.05. The molecular weight excluding hydrogens is 305 g/mol. The Balaban J connectivity index is 1.81. The number of carbonyl (C=O) groups is 2. The molecule has 23 heavy (non-hydrogen) atoms. The van der Waals surface area contributed by atoms with Gasteiger partial charge in [-0.05, 0) is 23.8 Å². The maximum absolute atomic E-state index is 12.7. The van der Waals surface area contributed by atoms with Crippen molar-refractivity contribution in [2.24, 2.45) is 7.05 Å². The van der Waals surface area contributed by atoms with Crippen molar-refractivity contribution in [3.05, 3.63) is 63.8 Å². The van der Waals surface area contributed by atoms with Gasteiger partial charge in [0.2, 0.25) is 0 Å². The van der Waals surface area contributed by atoms with Gasteiger partial charge in [0.1, 0.15) is 5.82 Å². The highest BCUT2D eigenvalue weighted by Crippen LogP contribution is 2.02. The molecule has 0 atom stereocenters. The first-order valence-electron chi connectivity index (χ1n) is 6.68. The van der Waals surface area contributed by atoms with Crippen molar-refractivity contribution in [1.82, 2.24) is 15.1 Å². The predicted octanol–water partition coefficient (Wildman–Crippen LogP) is 0.393. The Bertz CT molecular complexity index is 771. The van der Waals surface area contributed by atoms with E-state index >= 15 is 0 Å². The number of benzene rings is 1. The van der Waals surface area contributed by atoms with Crippen LogP contribution >= 0.6 is 0 Å². The molecule has 0 bridgehead atoms. The van der Waals surface area contributed by atoms with E-state index in [1.807, 2.05) is 0 Å². The van der Waals surface area contributed by atoms with Gasteiger partial charge in [0.25, 0.3) is 11.5 Å². The SMILES string of the molecule is Cn1nc(C(=O)OCC(=O)NCc2ccc(F)cc2)ccc1=O. The van der Waals surface area contributed by atoms with Crippen LogP contribution in [0.4, 0.5) is 4.39 Å². The second-order valence-electron chi connectivity index (χ2n) is 4.66. The standard InChI is InChI=1S/C15H14FN3O4/c1-19-14(21)7-6-12(18-19)15(22)23-9-13(20)17-8-10-2-4-11(16)5-3-10/h2-7H,8-9H2,1H3,(H,17,20). The van der Waals surface area contributed by atoms with Gasteiger partial charge >= 0.3 is 5.97 Å². The number of rotatable bonds is 5. The molecule has 0 saturated carbocycles. The molecule has 0 aliphatic rings. The van der Waals surface area contributed by atoms with Gasteiger partial charge in [-0.1, -0.05) is 12.1 Å². The smallest absolute Gasteiger partial charge is 0.359 e. The summed E-state index contributed by atoms with van der Waals surface area (Å²) in [5, 5.41) is 6.25. The van der Waals surface area contributed by atoms with Crippen LogP contribution in [0.5, 0.6) is 0 Å². The van der Waals surface area contributed by atoms with Crippen LogP contribution in [0.25, 0.3) is 0 Å². The summed E-state index contributed by atoms with van der Waals surface area (Å²) >= 11 is 0. The number of nitrogens with one attached hydrogen (secondary N) is 1. The normalized spacial score (nSPS) is 10.2. The minimum absolute atomic E-state index is 0.0709. The molecule has 0 unspecified atom stereocenters. The third-order valence-electron chi connectivity index (χ3n) is 2.91. The lowest BCUT2D eigenvalue weighted by Crippen LogP contribution is -2.29. The quantitative estimate of drug-likeness (QED) is 0.805. The topological polar surface area (TPSA) is 90.3 Å². The highest BCUT2D eigenvalue weighted by atomic mass is 19.1. The van der Waals surface area contributed by atoms with Gasteiger partial charge in [0.05, 0.1) is 0 Å². The predicted molar refractivity (Wildman–Crippen MR) is 78.0 cm³/mol. The minimum Gasteiger partial charge on any atom is -0.451 e. The van der Waals surface area contributed by atoms with Crippen molar-refractivity contribution in [1.29, 1.82) is 0 Å². The van der Waals surface area contributed by atoms with Gasteiger partial charge < -0.3 is 10.1 Å². The number of carbonyl (C=O) groups excluding carboxylic acids is 2. The maximum atomic E-state index is 12.7. The lowest BCUT2D eigenvalue weighted by Gasteiger charge is -2.07. The van der Waals surface area contributed by atoms with Gasteiger partial charge in [-0.3, -0.25) is 9.59 Å². The number of ether oxygens (including phenoxy) is 1. The fourth-order valence-electron chi connectivity index (χ4n) is 1.67. The number of aryl methyl sites for hydroxylation is 1. The number of amides is 1. The molecule has 2 aromatic rings. The minimum atomic E-state index is -0.808. The van der Waals surface area contributed by atoms with Crippen molar-refractivity contribution >= 4 is 11.9 Å². The fraction of sp³-hybridized carbons (Fsp3) is 0.200. The van der Waals surface area contributed by atoms with Gasteiger partial charge in [0.15, 0.2) is 12.3 Å². The Labute approximate surface area is 130 Å². The first-order valence-corrected chi connectivity index (χ1v) is 6.68. The molecule has 0 fully saturated rings. The van der Waals surface area contributed by atoms with Crippen LogP contribution in [0.2, 0.25) is 0 Å². The molecule has 7 nitrogen and oxygen atoms in total. The average molecular weight is 319 g/mol. The Morgan fingerprint density at radius 1 is 1.22 bits per heavy atom. The highest BCUT2D eigenvalue weighted by molar-refractivity contribution is 5.89. The zero-order valence-electron chi connectivity index (χ0n) is 12.3. The summed E-state index contributed by atoms with van der Waals surface area (Å²) in [7, 11) is 1.40. The first kappa shape index (κ1) is 16.3. The molecule has 0 saturated heterocycles. The van der Waals surface area contributed by atoms with Crippen molar-refractivity contribution in [2.75, 3.05) is 6.61 Å². The monoisotopic (exact) mass is 319 g/mol. The number of esters is 1. The molecule has 1 aromatic heterocycles. The molecule has 1 heterocycles. The third kappa shape index (κ3) is 4.73. The van der Waals surface area contributed by atoms with Crippen LogP contribution in [-0.2, 0) is 23.1 Å². The number of hydrogen-bond acceptors (Lipinski definition) is 5. The van der Waals surface area contributed by atoms with Crippen molar-refractivity contribution in [2.45, 2.75) is 6.54 Å². The molecule has 0 spiro atoms. The van der Waals surface area contributed by atoms with Crippen LogP contribution in [0.3, 0.4) is 0 Å². The summed E-state index contributed by atoms with van der Waals surface area (Å²) in [4.78, 5) is 34.5. The summed E-state index contributed by atoms with van der Waals surface area (Å²) in [6.45, 7) is -0.292. The van der Waals surface area contributed by atoms with E-state index in [2.05, 4.69) is 10.4 Å². The van der Waals surface area contributed by atoms with E-state index in [-0.39, 0.29) is 23.6 Å². The van der Waals surface area contributed by atoms with Crippen LogP contribution in [-0.4, -0.2) is 28.3 Å². The van der Waals surface area contributed by atoms with Crippen molar-refractivity contribution < 1.29 is 18.7 Å². The Hall–Kier alpha value is -3.03. The third-order valence-corrected chi connectivity index (χ3v) is 2.91. The van der Waals surface area contributed by atoms with E-state index in [1.165, 1.54) is 43.4 Å². The molecule has 0 aliphatic carbocycles. The average Bonchev–Trinajstić information content (AvgIpc) is 2.54. The Morgan fingerprint density at radius 2 is 1.91 bits per heavy atom. The number of nitrogens with zero attached hydrogens (tertiary/aromatic N) is 2. The second-order valence-corrected chi connectivity index (χ2v) is 4.66. The summed E-state index contributed by atoms with van der Waals surface area (Å²) < 4.78 is 18.5. The molecule has 1 N–H and O–H groups in total. The summed E-state index contributed by atoms with van der Waals surface area (Å²) in [5.41, 5.74) is 0.280. The number of hydrogen-bond donors (Lipinski definition) is 1. The molecule has 1 amide bonds. The Morgan fingerprint density at radius 3 is 2.57 bits per heavy atom. The zero-order chi connectivity index (χ0) is 16.8. The second kappa shape index (κ2) is 7.30. The van der Waals surface area contributed by atoms with Crippen LogP contribution in [0.15, 0.2) is 41.2 Å². The lowest BCUT2D eigenvalue weighted by molar-refractivity contribution is -0.124. The number of halogens is 1. The zero-order valence-corrected chi connectivity index (χ0v) is 12.3. The lowest BCUT2D eigenvalue weighted by atomic mass is 10.2. The van der Waals surface area contributed by atoms with Crippen LogP contribution in [0.1, 0.15) is 16.1 Å². The van der Waals surface area contributed by atoms with Gasteiger partial charge in [-0.15, -0.1) is 0 Å². The number of aromatic nitrogens is 2. The molecule has 120 valence electrons. The van der Waals surface area contributed by atoms with E-state index < -0.39 is 18.5 Å². The van der Waals surface area contributed by atoms with Crippen LogP contribution < -0.4 is 10.9 Å². The fourth-order valence-corrected chi connectivity index (χ4v) is 1.67. The largest absolute Gasteiger partial charge is 0.451 e. The van der Waals surface area contributed by atoms with E-state index in [1.54, 1.807) is 0 Å². The van der Waals surface area contributed by atoms with Crippen LogP contribution in [0, 0.1) is 5.82 Å². The van der Waals surface area contributed by atoms with Gasteiger partial charge in [-0.2, -0.15) is 5.10 Å². The highest BCUT2D eigenvalue weighted by Gasteiger charge is 2.12. The molecule has 1 aromatic carbocycles. The van der Waals surface area contributed by atoms with E-state index in [0.29, 0.717) is 5.56 Å².